The largest absolute Gasteiger partial charge is 0.299 e. The quantitative estimate of drug-likeness (QED) is 0.379. The van der Waals surface area contributed by atoms with Crippen LogP contribution in [0.5, 0.6) is 0 Å². The number of nitrogens with zero attached hydrogens (tertiary/aromatic N) is 3. The number of hydrogen-bond donors (Lipinski definition) is 0. The Morgan fingerprint density at radius 2 is 1.58 bits per heavy atom. The minimum absolute atomic E-state index is 0.0785. The molecule has 2 aliphatic rings. The predicted molar refractivity (Wildman–Crippen MR) is 140 cm³/mol. The average Bonchev–Trinajstić information content (AvgIpc) is 2.78. The summed E-state index contributed by atoms with van der Waals surface area (Å²) >= 11 is 0. The molecule has 0 amide bonds. The topological polar surface area (TPSA) is 28.0 Å². The highest BCUT2D eigenvalue weighted by molar-refractivity contribution is 6.06. The lowest BCUT2D eigenvalue weighted by Gasteiger charge is -2.32. The van der Waals surface area contributed by atoms with E-state index < -0.39 is 6.17 Å². The van der Waals surface area contributed by atoms with Crippen LogP contribution in [0.3, 0.4) is 0 Å². The predicted octanol–water partition coefficient (Wildman–Crippen LogP) is 7.54. The maximum absolute atomic E-state index is 15.0. The van der Waals surface area contributed by atoms with Crippen molar-refractivity contribution in [1.82, 2.24) is 4.90 Å². The molecule has 1 aliphatic carbocycles. The van der Waals surface area contributed by atoms with Gasteiger partial charge in [0.2, 0.25) is 0 Å². The highest BCUT2D eigenvalue weighted by Gasteiger charge is 2.32. The summed E-state index contributed by atoms with van der Waals surface area (Å²) in [6, 6.07) is 8.79. The molecule has 1 heterocycles. The molecular weight excluding hydrogens is 408 g/mol. The summed E-state index contributed by atoms with van der Waals surface area (Å²) < 4.78 is 15.0. The van der Waals surface area contributed by atoms with Gasteiger partial charge in [-0.3, -0.25) is 4.90 Å². The van der Waals surface area contributed by atoms with E-state index in [0.29, 0.717) is 30.2 Å². The molecule has 3 rings (SSSR count). The van der Waals surface area contributed by atoms with E-state index in [9.17, 15) is 4.39 Å². The van der Waals surface area contributed by atoms with Gasteiger partial charge >= 0.3 is 0 Å². The van der Waals surface area contributed by atoms with Crippen LogP contribution >= 0.6 is 0 Å². The summed E-state index contributed by atoms with van der Waals surface area (Å²) in [5.41, 5.74) is 4.81. The molecule has 1 fully saturated rings. The lowest BCUT2D eigenvalue weighted by Crippen LogP contribution is -2.34. The highest BCUT2D eigenvalue weighted by Crippen LogP contribution is 2.34. The average molecular weight is 455 g/mol. The molecule has 1 aromatic carbocycles. The Hall–Kier alpha value is -1.55. The fraction of sp³-hybridized carbons (Fsp3) is 0.724. The van der Waals surface area contributed by atoms with Crippen molar-refractivity contribution in [2.24, 2.45) is 39.8 Å². The van der Waals surface area contributed by atoms with Gasteiger partial charge in [-0.15, -0.1) is 0 Å². The second-order valence-corrected chi connectivity index (χ2v) is 10.9. The van der Waals surface area contributed by atoms with Crippen LogP contribution in [0.2, 0.25) is 0 Å². The van der Waals surface area contributed by atoms with Crippen LogP contribution in [-0.2, 0) is 6.54 Å². The minimum Gasteiger partial charge on any atom is -0.299 e. The first kappa shape index (κ1) is 26.1. The van der Waals surface area contributed by atoms with Gasteiger partial charge < -0.3 is 0 Å². The van der Waals surface area contributed by atoms with E-state index >= 15 is 0 Å². The molecule has 0 N–H and O–H groups in total. The summed E-state index contributed by atoms with van der Waals surface area (Å²) in [6.45, 7) is 12.1. The van der Waals surface area contributed by atoms with E-state index in [-0.39, 0.29) is 5.92 Å². The SMILES string of the molecule is CC[C@@H](C)[C@@H](C)[C@H](C)[C@@H]([18F])CN(C)Cc1ccc(C2=NN=C(C)C3CCCCCCC23)cc1. The van der Waals surface area contributed by atoms with Gasteiger partial charge in [-0.25, -0.2) is 4.39 Å². The van der Waals surface area contributed by atoms with Crippen molar-refractivity contribution in [3.8, 4) is 0 Å². The van der Waals surface area contributed by atoms with E-state index in [2.05, 4.69) is 74.0 Å². The molecule has 0 aromatic heterocycles. The van der Waals surface area contributed by atoms with Crippen LogP contribution in [-0.4, -0.2) is 36.1 Å². The van der Waals surface area contributed by atoms with Crippen LogP contribution in [0.15, 0.2) is 34.5 Å². The van der Waals surface area contributed by atoms with Crippen LogP contribution in [0.25, 0.3) is 0 Å². The minimum atomic E-state index is -0.799. The van der Waals surface area contributed by atoms with E-state index in [1.165, 1.54) is 61.1 Å². The first-order chi connectivity index (χ1) is 15.8. The zero-order valence-electron chi connectivity index (χ0n) is 21.9. The first-order valence-electron chi connectivity index (χ1n) is 13.4. The fourth-order valence-corrected chi connectivity index (χ4v) is 5.71. The maximum atomic E-state index is 15.0. The summed E-state index contributed by atoms with van der Waals surface area (Å²) in [6.07, 6.45) is 8.03. The zero-order chi connectivity index (χ0) is 24.0. The van der Waals surface area contributed by atoms with Gasteiger partial charge in [0, 0.05) is 30.6 Å². The number of rotatable bonds is 9. The molecule has 0 radical (unpaired) electrons. The molecule has 1 aromatic rings. The molecule has 33 heavy (non-hydrogen) atoms. The third-order valence-electron chi connectivity index (χ3n) is 8.60. The lowest BCUT2D eigenvalue weighted by atomic mass is 9.74. The molecule has 0 saturated heterocycles. The monoisotopic (exact) mass is 454 g/mol. The number of alkyl halides is 1. The van der Waals surface area contributed by atoms with E-state index in [1.807, 2.05) is 7.05 Å². The van der Waals surface area contributed by atoms with Crippen molar-refractivity contribution in [3.63, 3.8) is 0 Å². The molecule has 6 atom stereocenters. The zero-order valence-corrected chi connectivity index (χ0v) is 21.9. The Kier molecular flexibility index (Phi) is 9.67. The van der Waals surface area contributed by atoms with Crippen LogP contribution < -0.4 is 0 Å². The molecular formula is C29H46FN3. The van der Waals surface area contributed by atoms with Crippen molar-refractivity contribution in [2.75, 3.05) is 13.6 Å². The van der Waals surface area contributed by atoms with Gasteiger partial charge in [0.25, 0.3) is 0 Å². The summed E-state index contributed by atoms with van der Waals surface area (Å²) in [4.78, 5) is 2.12. The van der Waals surface area contributed by atoms with Gasteiger partial charge in [0.05, 0.1) is 5.71 Å². The van der Waals surface area contributed by atoms with E-state index in [1.54, 1.807) is 0 Å². The Balaban J connectivity index is 1.61. The van der Waals surface area contributed by atoms with Gasteiger partial charge in [0.1, 0.15) is 6.17 Å². The molecule has 2 unspecified atom stereocenters. The van der Waals surface area contributed by atoms with Gasteiger partial charge in [-0.1, -0.05) is 84.1 Å². The number of hydrogen-bond acceptors (Lipinski definition) is 3. The Labute approximate surface area is 201 Å². The molecule has 0 bridgehead atoms. The van der Waals surface area contributed by atoms with Gasteiger partial charge in [0.15, 0.2) is 0 Å². The van der Waals surface area contributed by atoms with Crippen LogP contribution in [0, 0.1) is 29.6 Å². The standard InChI is InChI=1S/C29H46FN3/c1-7-20(2)21(3)22(4)28(30)19-33(6)18-24-14-16-25(17-15-24)29-27-13-11-9-8-10-12-26(27)23(5)31-32-29/h14-17,20-22,26-28H,7-13,18-19H2,1-6H3/t20-,21-,22+,26?,27?,28+/m1/s1/i30-1. The first-order valence-corrected chi connectivity index (χ1v) is 13.4. The highest BCUT2D eigenvalue weighted by atomic mass is 18.2. The van der Waals surface area contributed by atoms with Crippen molar-refractivity contribution >= 4 is 11.4 Å². The Morgan fingerprint density at radius 3 is 2.21 bits per heavy atom. The lowest BCUT2D eigenvalue weighted by molar-refractivity contribution is 0.112. The van der Waals surface area contributed by atoms with Crippen molar-refractivity contribution in [3.05, 3.63) is 35.4 Å². The van der Waals surface area contributed by atoms with Gasteiger partial charge in [-0.05, 0) is 55.7 Å². The molecule has 4 heteroatoms. The number of fused-ring (bicyclic) bond motifs is 1. The number of benzene rings is 1. The van der Waals surface area contributed by atoms with Crippen molar-refractivity contribution in [2.45, 2.75) is 92.3 Å². The van der Waals surface area contributed by atoms with Gasteiger partial charge in [-0.2, -0.15) is 10.2 Å². The smallest absolute Gasteiger partial charge is 0.116 e. The summed E-state index contributed by atoms with van der Waals surface area (Å²) in [5, 5.41) is 9.22. The second kappa shape index (κ2) is 12.2. The Bertz CT molecular complexity index is 800. The molecule has 184 valence electrons. The molecule has 3 nitrogen and oxygen atoms in total. The summed E-state index contributed by atoms with van der Waals surface area (Å²) in [5.74, 6) is 2.08. The Morgan fingerprint density at radius 1 is 0.939 bits per heavy atom. The van der Waals surface area contributed by atoms with E-state index in [0.717, 1.165) is 13.0 Å². The normalized spacial score (nSPS) is 25.2. The fourth-order valence-electron chi connectivity index (χ4n) is 5.71. The third-order valence-corrected chi connectivity index (χ3v) is 8.60. The summed E-state index contributed by atoms with van der Waals surface area (Å²) in [7, 11) is 2.03. The van der Waals surface area contributed by atoms with E-state index in [4.69, 9.17) is 0 Å². The van der Waals surface area contributed by atoms with Crippen molar-refractivity contribution < 1.29 is 4.39 Å². The third kappa shape index (κ3) is 6.74. The van der Waals surface area contributed by atoms with Crippen molar-refractivity contribution in [1.29, 1.82) is 0 Å². The molecule has 0 spiro atoms. The van der Waals surface area contributed by atoms with Crippen LogP contribution in [0.4, 0.5) is 4.39 Å². The van der Waals surface area contributed by atoms with Crippen LogP contribution in [0.1, 0.15) is 90.7 Å². The second-order valence-electron chi connectivity index (χ2n) is 10.9. The molecule has 1 saturated carbocycles. The maximum Gasteiger partial charge on any atom is 0.116 e. The number of halogens is 1. The molecule has 1 aliphatic heterocycles.